The first kappa shape index (κ1) is 15.2. The molecule has 23 heavy (non-hydrogen) atoms. The van der Waals surface area contributed by atoms with Crippen molar-refractivity contribution in [3.63, 3.8) is 0 Å². The van der Waals surface area contributed by atoms with Crippen LogP contribution in [0.2, 0.25) is 0 Å². The van der Waals surface area contributed by atoms with Gasteiger partial charge in [-0.25, -0.2) is 0 Å². The molecule has 0 radical (unpaired) electrons. The van der Waals surface area contributed by atoms with Gasteiger partial charge in [-0.05, 0) is 84.5 Å². The zero-order chi connectivity index (χ0) is 16.2. The summed E-state index contributed by atoms with van der Waals surface area (Å²) in [5.74, 6) is 2.23. The van der Waals surface area contributed by atoms with E-state index in [1.165, 1.54) is 11.1 Å². The third-order valence-corrected chi connectivity index (χ3v) is 7.20. The minimum absolute atomic E-state index is 0.0245. The number of aryl methyl sites for hydroxylation is 1. The first-order chi connectivity index (χ1) is 11.0. The third-order valence-electron chi connectivity index (χ3n) is 7.20. The van der Waals surface area contributed by atoms with Crippen LogP contribution in [0.3, 0.4) is 0 Å². The van der Waals surface area contributed by atoms with Crippen molar-refractivity contribution in [1.29, 1.82) is 0 Å². The molecule has 0 unspecified atom stereocenters. The van der Waals surface area contributed by atoms with Crippen molar-refractivity contribution in [2.45, 2.75) is 57.5 Å². The molecule has 3 aliphatic rings. The summed E-state index contributed by atoms with van der Waals surface area (Å²) in [6.07, 6.45) is 6.41. The molecule has 3 nitrogen and oxygen atoms in total. The molecule has 0 bridgehead atoms. The normalized spacial score (nSPS) is 41.7. The lowest BCUT2D eigenvalue weighted by molar-refractivity contribution is -0.109. The van der Waals surface area contributed by atoms with Crippen molar-refractivity contribution >= 4 is 6.29 Å². The van der Waals surface area contributed by atoms with Crippen LogP contribution in [0.15, 0.2) is 18.2 Å². The van der Waals surface area contributed by atoms with Gasteiger partial charge in [0.1, 0.15) is 12.0 Å². The maximum atomic E-state index is 11.1. The first-order valence-electron chi connectivity index (χ1n) is 8.98. The molecule has 0 aromatic heterocycles. The van der Waals surface area contributed by atoms with E-state index in [4.69, 9.17) is 0 Å². The SMILES string of the molecule is C[C@]12CC[C@@H]3c4ccc(O)cc4CC[C@H]3[C@@H]1[C@@H](CC=O)C[C@@H]2O. The summed E-state index contributed by atoms with van der Waals surface area (Å²) < 4.78 is 0. The second-order valence-electron chi connectivity index (χ2n) is 8.18. The number of hydrogen-bond acceptors (Lipinski definition) is 3. The molecule has 4 rings (SSSR count). The minimum atomic E-state index is -0.264. The molecule has 6 atom stereocenters. The van der Waals surface area contributed by atoms with Crippen molar-refractivity contribution < 1.29 is 15.0 Å². The van der Waals surface area contributed by atoms with E-state index in [0.29, 0.717) is 35.8 Å². The van der Waals surface area contributed by atoms with Crippen LogP contribution in [-0.4, -0.2) is 22.6 Å². The largest absolute Gasteiger partial charge is 0.508 e. The van der Waals surface area contributed by atoms with Gasteiger partial charge in [0.25, 0.3) is 0 Å². The highest BCUT2D eigenvalue weighted by Gasteiger charge is 2.58. The van der Waals surface area contributed by atoms with Crippen LogP contribution in [0.1, 0.15) is 56.1 Å². The number of phenolic OH excluding ortho intramolecular Hbond substituents is 1. The Hall–Kier alpha value is -1.35. The van der Waals surface area contributed by atoms with Crippen molar-refractivity contribution in [2.24, 2.45) is 23.2 Å². The van der Waals surface area contributed by atoms with Gasteiger partial charge < -0.3 is 15.0 Å². The standard InChI is InChI=1S/C20H26O3/c1-20-8-6-16-15-5-3-14(22)10-12(15)2-4-17(16)19(20)13(7-9-21)11-18(20)23/h3,5,9-10,13,16-19,22-23H,2,4,6-8,11H2,1H3/t13-,16+,17+,18-,19-,20+/m0/s1. The van der Waals surface area contributed by atoms with Crippen LogP contribution in [0.25, 0.3) is 0 Å². The summed E-state index contributed by atoms with van der Waals surface area (Å²) in [7, 11) is 0. The summed E-state index contributed by atoms with van der Waals surface area (Å²) in [6, 6.07) is 5.83. The van der Waals surface area contributed by atoms with Crippen molar-refractivity contribution in [1.82, 2.24) is 0 Å². The van der Waals surface area contributed by atoms with E-state index in [1.807, 2.05) is 6.07 Å². The Morgan fingerprint density at radius 3 is 2.96 bits per heavy atom. The molecule has 2 N–H and O–H groups in total. The highest BCUT2D eigenvalue weighted by Crippen LogP contribution is 2.63. The van der Waals surface area contributed by atoms with Crippen molar-refractivity contribution in [2.75, 3.05) is 0 Å². The summed E-state index contributed by atoms with van der Waals surface area (Å²) >= 11 is 0. The minimum Gasteiger partial charge on any atom is -0.508 e. The second kappa shape index (κ2) is 5.34. The van der Waals surface area contributed by atoms with E-state index in [9.17, 15) is 15.0 Å². The van der Waals surface area contributed by atoms with E-state index in [-0.39, 0.29) is 11.5 Å². The van der Waals surface area contributed by atoms with E-state index in [1.54, 1.807) is 6.07 Å². The Morgan fingerprint density at radius 1 is 1.35 bits per heavy atom. The quantitative estimate of drug-likeness (QED) is 0.822. The molecular formula is C20H26O3. The van der Waals surface area contributed by atoms with Gasteiger partial charge in [-0.2, -0.15) is 0 Å². The monoisotopic (exact) mass is 314 g/mol. The molecule has 124 valence electrons. The summed E-state index contributed by atoms with van der Waals surface area (Å²) in [4.78, 5) is 11.1. The van der Waals surface area contributed by atoms with Gasteiger partial charge in [0.15, 0.2) is 0 Å². The number of hydrogen-bond donors (Lipinski definition) is 2. The molecule has 0 saturated heterocycles. The van der Waals surface area contributed by atoms with Crippen molar-refractivity contribution in [3.05, 3.63) is 29.3 Å². The van der Waals surface area contributed by atoms with E-state index >= 15 is 0 Å². The Bertz CT molecular complexity index is 625. The number of rotatable bonds is 2. The molecule has 1 aromatic rings. The number of aliphatic hydroxyl groups excluding tert-OH is 1. The number of benzene rings is 1. The second-order valence-corrected chi connectivity index (χ2v) is 8.18. The summed E-state index contributed by atoms with van der Waals surface area (Å²) in [5.41, 5.74) is 2.66. The fraction of sp³-hybridized carbons (Fsp3) is 0.650. The van der Waals surface area contributed by atoms with Crippen LogP contribution >= 0.6 is 0 Å². The molecule has 2 fully saturated rings. The Morgan fingerprint density at radius 2 is 2.17 bits per heavy atom. The predicted octanol–water partition coefficient (Wildman–Crippen LogP) is 3.42. The molecule has 0 amide bonds. The molecular weight excluding hydrogens is 288 g/mol. The first-order valence-corrected chi connectivity index (χ1v) is 8.98. The highest BCUT2D eigenvalue weighted by molar-refractivity contribution is 5.50. The number of carbonyl (C=O) groups is 1. The lowest BCUT2D eigenvalue weighted by Crippen LogP contribution is -2.45. The van der Waals surface area contributed by atoms with Gasteiger partial charge in [0.2, 0.25) is 0 Å². The number of phenols is 1. The molecule has 3 heteroatoms. The van der Waals surface area contributed by atoms with E-state index in [2.05, 4.69) is 13.0 Å². The number of fused-ring (bicyclic) bond motifs is 5. The number of aldehydes is 1. The van der Waals surface area contributed by atoms with Crippen LogP contribution < -0.4 is 0 Å². The fourth-order valence-corrected chi connectivity index (χ4v) is 6.19. The van der Waals surface area contributed by atoms with Crippen LogP contribution in [0.5, 0.6) is 5.75 Å². The molecule has 0 spiro atoms. The molecule has 1 aromatic carbocycles. The van der Waals surface area contributed by atoms with Gasteiger partial charge in [0, 0.05) is 6.42 Å². The topological polar surface area (TPSA) is 57.5 Å². The average molecular weight is 314 g/mol. The summed E-state index contributed by atoms with van der Waals surface area (Å²) in [5, 5.41) is 20.4. The summed E-state index contributed by atoms with van der Waals surface area (Å²) in [6.45, 7) is 2.25. The Balaban J connectivity index is 1.72. The number of aliphatic hydroxyl groups is 1. The Labute approximate surface area is 137 Å². The van der Waals surface area contributed by atoms with Gasteiger partial charge in [-0.3, -0.25) is 0 Å². The zero-order valence-electron chi connectivity index (χ0n) is 13.7. The molecule has 2 saturated carbocycles. The van der Waals surface area contributed by atoms with Gasteiger partial charge in [-0.15, -0.1) is 0 Å². The van der Waals surface area contributed by atoms with E-state index in [0.717, 1.165) is 38.4 Å². The van der Waals surface area contributed by atoms with Gasteiger partial charge in [-0.1, -0.05) is 13.0 Å². The average Bonchev–Trinajstić information content (AvgIpc) is 2.78. The molecule has 3 aliphatic carbocycles. The van der Waals surface area contributed by atoms with Crippen LogP contribution in [0.4, 0.5) is 0 Å². The van der Waals surface area contributed by atoms with Gasteiger partial charge >= 0.3 is 0 Å². The molecule has 0 heterocycles. The maximum Gasteiger partial charge on any atom is 0.120 e. The van der Waals surface area contributed by atoms with Crippen LogP contribution in [0, 0.1) is 23.2 Å². The number of carbonyl (C=O) groups excluding carboxylic acids is 1. The predicted molar refractivity (Wildman–Crippen MR) is 88.3 cm³/mol. The Kier molecular flexibility index (Phi) is 3.53. The smallest absolute Gasteiger partial charge is 0.120 e. The maximum absolute atomic E-state index is 11.1. The fourth-order valence-electron chi connectivity index (χ4n) is 6.19. The number of aromatic hydroxyl groups is 1. The lowest BCUT2D eigenvalue weighted by atomic mass is 9.54. The van der Waals surface area contributed by atoms with E-state index < -0.39 is 0 Å². The zero-order valence-corrected chi connectivity index (χ0v) is 13.7. The van der Waals surface area contributed by atoms with Crippen molar-refractivity contribution in [3.8, 4) is 5.75 Å². The highest BCUT2D eigenvalue weighted by atomic mass is 16.3. The molecule has 0 aliphatic heterocycles. The third kappa shape index (κ3) is 2.16. The lowest BCUT2D eigenvalue weighted by Gasteiger charge is -2.51. The van der Waals surface area contributed by atoms with Crippen LogP contribution in [-0.2, 0) is 11.2 Å². The van der Waals surface area contributed by atoms with Gasteiger partial charge in [0.05, 0.1) is 6.10 Å².